The highest BCUT2D eigenvalue weighted by atomic mass is 16.7. The molecule has 6 N–H and O–H groups in total. The number of phenolic OH excluding ortho intramolecular Hbond substituents is 2. The van der Waals surface area contributed by atoms with Crippen molar-refractivity contribution in [1.82, 2.24) is 0 Å². The highest BCUT2D eigenvalue weighted by Crippen LogP contribution is 2.53. The second-order valence-electron chi connectivity index (χ2n) is 9.69. The Labute approximate surface area is 207 Å². The Morgan fingerprint density at radius 1 is 0.972 bits per heavy atom. The minimum Gasteiger partial charge on any atom is -0.507 e. The van der Waals surface area contributed by atoms with Crippen LogP contribution < -0.4 is 10.5 Å². The Bertz CT molecular complexity index is 1250. The van der Waals surface area contributed by atoms with Gasteiger partial charge in [0.05, 0.1) is 48.2 Å². The number of hydrogen-bond acceptors (Lipinski definition) is 10. The lowest BCUT2D eigenvalue weighted by molar-refractivity contribution is -0.244. The van der Waals surface area contributed by atoms with Crippen LogP contribution in [0.25, 0.3) is 0 Å². The van der Waals surface area contributed by atoms with Crippen LogP contribution in [0.3, 0.4) is 0 Å². The predicted octanol–water partition coefficient (Wildman–Crippen LogP) is 1.63. The van der Waals surface area contributed by atoms with Crippen LogP contribution in [0.15, 0.2) is 18.2 Å². The van der Waals surface area contributed by atoms with Crippen molar-refractivity contribution in [2.24, 2.45) is 5.73 Å². The molecular weight excluding hydrogens is 470 g/mol. The number of carbonyl (C=O) groups excluding carboxylic acids is 2. The minimum absolute atomic E-state index is 0.00193. The SMILES string of the molecule is COc1cccc2c1C(=O)c1c(O)c3c(c(O)c1C2=O)C(C)C(O)CC3OC1CC(N)C(O)C(C)O1. The lowest BCUT2D eigenvalue weighted by Gasteiger charge is -2.41. The highest BCUT2D eigenvalue weighted by molar-refractivity contribution is 6.31. The van der Waals surface area contributed by atoms with Gasteiger partial charge in [-0.3, -0.25) is 9.59 Å². The number of hydrogen-bond donors (Lipinski definition) is 5. The largest absolute Gasteiger partial charge is 0.507 e. The van der Waals surface area contributed by atoms with Crippen LogP contribution in [0, 0.1) is 0 Å². The molecule has 0 aromatic heterocycles. The first-order valence-electron chi connectivity index (χ1n) is 11.9. The van der Waals surface area contributed by atoms with E-state index < -0.39 is 65.7 Å². The normalized spacial score (nSPS) is 31.4. The molecule has 192 valence electrons. The number of ether oxygens (including phenoxy) is 3. The van der Waals surface area contributed by atoms with Crippen molar-refractivity contribution >= 4 is 11.6 Å². The smallest absolute Gasteiger partial charge is 0.202 e. The fraction of sp³-hybridized carbons (Fsp3) is 0.462. The number of carbonyl (C=O) groups is 2. The molecule has 2 aliphatic carbocycles. The summed E-state index contributed by atoms with van der Waals surface area (Å²) in [6.45, 7) is 3.31. The van der Waals surface area contributed by atoms with E-state index in [1.54, 1.807) is 19.9 Å². The van der Waals surface area contributed by atoms with Gasteiger partial charge in [-0.05, 0) is 13.0 Å². The van der Waals surface area contributed by atoms with Crippen molar-refractivity contribution in [2.75, 3.05) is 7.11 Å². The average molecular weight is 500 g/mol. The van der Waals surface area contributed by atoms with Gasteiger partial charge in [0.25, 0.3) is 0 Å². The molecule has 10 nitrogen and oxygen atoms in total. The Hall–Kier alpha value is -3.02. The predicted molar refractivity (Wildman–Crippen MR) is 125 cm³/mol. The molecule has 1 saturated heterocycles. The van der Waals surface area contributed by atoms with E-state index in [-0.39, 0.29) is 52.0 Å². The molecule has 1 aliphatic heterocycles. The van der Waals surface area contributed by atoms with E-state index >= 15 is 0 Å². The molecule has 1 heterocycles. The van der Waals surface area contributed by atoms with E-state index in [2.05, 4.69) is 0 Å². The summed E-state index contributed by atoms with van der Waals surface area (Å²) in [6, 6.07) is 3.94. The molecule has 10 heteroatoms. The van der Waals surface area contributed by atoms with E-state index in [1.165, 1.54) is 19.2 Å². The van der Waals surface area contributed by atoms with E-state index in [1.807, 2.05) is 0 Å². The van der Waals surface area contributed by atoms with Crippen LogP contribution >= 0.6 is 0 Å². The number of aliphatic hydroxyl groups is 2. The van der Waals surface area contributed by atoms with Gasteiger partial charge in [-0.15, -0.1) is 0 Å². The molecule has 0 saturated carbocycles. The lowest BCUT2D eigenvalue weighted by Crippen LogP contribution is -2.52. The zero-order valence-electron chi connectivity index (χ0n) is 20.1. The molecular formula is C26H29NO9. The number of ketones is 2. The van der Waals surface area contributed by atoms with Gasteiger partial charge in [0.15, 0.2) is 12.1 Å². The van der Waals surface area contributed by atoms with E-state index in [0.29, 0.717) is 0 Å². The summed E-state index contributed by atoms with van der Waals surface area (Å²) in [5.74, 6) is -2.77. The van der Waals surface area contributed by atoms with Crippen LogP contribution in [-0.4, -0.2) is 69.7 Å². The average Bonchev–Trinajstić information content (AvgIpc) is 2.84. The summed E-state index contributed by atoms with van der Waals surface area (Å²) in [6.07, 6.45) is -4.13. The van der Waals surface area contributed by atoms with Gasteiger partial charge in [-0.1, -0.05) is 19.1 Å². The van der Waals surface area contributed by atoms with Crippen molar-refractivity contribution in [2.45, 2.75) is 69.4 Å². The van der Waals surface area contributed by atoms with Crippen molar-refractivity contribution in [3.05, 3.63) is 51.6 Å². The molecule has 2 aromatic carbocycles. The number of aromatic hydroxyl groups is 2. The third-order valence-corrected chi connectivity index (χ3v) is 7.57. The summed E-state index contributed by atoms with van der Waals surface area (Å²) >= 11 is 0. The molecule has 3 aliphatic rings. The fourth-order valence-electron chi connectivity index (χ4n) is 5.59. The maximum atomic E-state index is 13.6. The number of methoxy groups -OCH3 is 1. The molecule has 0 spiro atoms. The highest BCUT2D eigenvalue weighted by Gasteiger charge is 2.46. The number of rotatable bonds is 3. The van der Waals surface area contributed by atoms with Crippen LogP contribution in [0.4, 0.5) is 0 Å². The summed E-state index contributed by atoms with van der Waals surface area (Å²) in [4.78, 5) is 27.0. The summed E-state index contributed by atoms with van der Waals surface area (Å²) in [5.41, 5.74) is 5.66. The van der Waals surface area contributed by atoms with Gasteiger partial charge in [-0.25, -0.2) is 0 Å². The van der Waals surface area contributed by atoms with Gasteiger partial charge in [-0.2, -0.15) is 0 Å². The third-order valence-electron chi connectivity index (χ3n) is 7.57. The fourth-order valence-corrected chi connectivity index (χ4v) is 5.59. The summed E-state index contributed by atoms with van der Waals surface area (Å²) in [7, 11) is 1.37. The molecule has 0 bridgehead atoms. The van der Waals surface area contributed by atoms with E-state index in [9.17, 15) is 30.0 Å². The standard InChI is InChI=1S/C26H29NO9/c1-9-13(28)8-15(36-16-7-12(27)22(29)10(2)35-16)19-17(9)24(31)20-21(26(19)33)25(32)18-11(23(20)30)5-4-6-14(18)34-3/h4-6,9-10,12-13,15-16,22,28-29,31,33H,7-8,27H2,1-3H3. The molecule has 2 aromatic rings. The number of fused-ring (bicyclic) bond motifs is 3. The number of benzene rings is 2. The van der Waals surface area contributed by atoms with E-state index in [0.717, 1.165) is 0 Å². The van der Waals surface area contributed by atoms with Crippen LogP contribution in [0.2, 0.25) is 0 Å². The van der Waals surface area contributed by atoms with Crippen molar-refractivity contribution in [1.29, 1.82) is 0 Å². The summed E-state index contributed by atoms with van der Waals surface area (Å²) < 4.78 is 17.1. The first-order chi connectivity index (χ1) is 17.1. The Balaban J connectivity index is 1.66. The monoisotopic (exact) mass is 499 g/mol. The molecule has 0 radical (unpaired) electrons. The first-order valence-corrected chi connectivity index (χ1v) is 11.9. The number of phenols is 2. The van der Waals surface area contributed by atoms with Crippen LogP contribution in [0.1, 0.15) is 81.7 Å². The van der Waals surface area contributed by atoms with Crippen molar-refractivity contribution < 1.29 is 44.2 Å². The quantitative estimate of drug-likeness (QED) is 0.334. The maximum absolute atomic E-state index is 13.6. The van der Waals surface area contributed by atoms with Gasteiger partial charge in [0.1, 0.15) is 17.2 Å². The molecule has 1 fully saturated rings. The second kappa shape index (κ2) is 8.82. The van der Waals surface area contributed by atoms with Crippen molar-refractivity contribution in [3.63, 3.8) is 0 Å². The molecule has 7 atom stereocenters. The van der Waals surface area contributed by atoms with Crippen LogP contribution in [-0.2, 0) is 9.47 Å². The van der Waals surface area contributed by atoms with Gasteiger partial charge in [0.2, 0.25) is 5.78 Å². The Kier molecular flexibility index (Phi) is 6.05. The number of nitrogens with two attached hydrogens (primary N) is 1. The zero-order valence-corrected chi connectivity index (χ0v) is 20.1. The van der Waals surface area contributed by atoms with Crippen LogP contribution in [0.5, 0.6) is 17.2 Å². The zero-order chi connectivity index (χ0) is 26.0. The van der Waals surface area contributed by atoms with Gasteiger partial charge >= 0.3 is 0 Å². The molecule has 7 unspecified atom stereocenters. The third kappa shape index (κ3) is 3.52. The lowest BCUT2D eigenvalue weighted by atomic mass is 9.73. The minimum atomic E-state index is -0.982. The van der Waals surface area contributed by atoms with Gasteiger partial charge < -0.3 is 40.4 Å². The first kappa shape index (κ1) is 24.7. The number of aliphatic hydroxyl groups excluding tert-OH is 2. The summed E-state index contributed by atoms with van der Waals surface area (Å²) in [5, 5.41) is 43.6. The molecule has 36 heavy (non-hydrogen) atoms. The van der Waals surface area contributed by atoms with Gasteiger partial charge in [0, 0.05) is 41.5 Å². The topological polar surface area (TPSA) is 169 Å². The Morgan fingerprint density at radius 3 is 2.31 bits per heavy atom. The molecule has 0 amide bonds. The second-order valence-corrected chi connectivity index (χ2v) is 9.69. The van der Waals surface area contributed by atoms with Crippen molar-refractivity contribution in [3.8, 4) is 17.2 Å². The molecule has 5 rings (SSSR count). The van der Waals surface area contributed by atoms with E-state index in [4.69, 9.17) is 19.9 Å². The maximum Gasteiger partial charge on any atom is 0.202 e. The Morgan fingerprint density at radius 2 is 1.64 bits per heavy atom.